The highest BCUT2D eigenvalue weighted by molar-refractivity contribution is 5.66. The summed E-state index contributed by atoms with van der Waals surface area (Å²) < 4.78 is 1.98. The number of nitro benzene ring substituents is 1. The van der Waals surface area contributed by atoms with E-state index < -0.39 is 0 Å². The summed E-state index contributed by atoms with van der Waals surface area (Å²) in [5, 5.41) is 13.9. The van der Waals surface area contributed by atoms with Gasteiger partial charge >= 0.3 is 0 Å². The van der Waals surface area contributed by atoms with Crippen LogP contribution < -0.4 is 5.32 Å². The van der Waals surface area contributed by atoms with Gasteiger partial charge in [-0.05, 0) is 13.8 Å². The molecule has 0 radical (unpaired) electrons. The number of nitrogens with one attached hydrogen (secondary N) is 1. The molecule has 0 aliphatic carbocycles. The van der Waals surface area contributed by atoms with E-state index in [0.717, 1.165) is 17.0 Å². The van der Waals surface area contributed by atoms with Crippen LogP contribution in [0.2, 0.25) is 0 Å². The average Bonchev–Trinajstić information content (AvgIpc) is 2.70. The van der Waals surface area contributed by atoms with Gasteiger partial charge in [0.1, 0.15) is 5.69 Å². The average molecular weight is 260 g/mol. The first-order valence-electron chi connectivity index (χ1n) is 5.97. The van der Waals surface area contributed by atoms with Crippen molar-refractivity contribution < 1.29 is 4.92 Å². The maximum atomic E-state index is 11.0. The van der Waals surface area contributed by atoms with Crippen molar-refractivity contribution in [3.63, 3.8) is 0 Å². The van der Waals surface area contributed by atoms with Gasteiger partial charge in [-0.2, -0.15) is 0 Å². The zero-order valence-corrected chi connectivity index (χ0v) is 11.2. The standard InChI is InChI=1S/C13H16N4O2/c1-9-10(2)16(8-15-9)7-11-5-4-6-12(17(18)19)13(11)14-3/h4-6,8,14H,7H2,1-3H3. The maximum Gasteiger partial charge on any atom is 0.292 e. The molecule has 0 bridgehead atoms. The largest absolute Gasteiger partial charge is 0.382 e. The van der Waals surface area contributed by atoms with Gasteiger partial charge in [-0.25, -0.2) is 4.98 Å². The molecule has 1 N–H and O–H groups in total. The molecule has 0 unspecified atom stereocenters. The molecule has 1 aromatic carbocycles. The lowest BCUT2D eigenvalue weighted by atomic mass is 10.1. The number of hydrogen-bond donors (Lipinski definition) is 1. The van der Waals surface area contributed by atoms with E-state index in [0.29, 0.717) is 12.2 Å². The van der Waals surface area contributed by atoms with Crippen LogP contribution in [0.3, 0.4) is 0 Å². The SMILES string of the molecule is CNc1c(Cn2cnc(C)c2C)cccc1[N+](=O)[O-]. The van der Waals surface area contributed by atoms with Crippen LogP contribution >= 0.6 is 0 Å². The molecule has 2 aromatic rings. The zero-order chi connectivity index (χ0) is 14.0. The minimum atomic E-state index is -0.374. The van der Waals surface area contributed by atoms with Crippen molar-refractivity contribution in [3.05, 3.63) is 51.6 Å². The Bertz CT molecular complexity index is 619. The van der Waals surface area contributed by atoms with Crippen molar-refractivity contribution >= 4 is 11.4 Å². The third-order valence-electron chi connectivity index (χ3n) is 3.26. The Hall–Kier alpha value is -2.37. The molecule has 0 amide bonds. The second-order valence-electron chi connectivity index (χ2n) is 4.36. The van der Waals surface area contributed by atoms with E-state index in [9.17, 15) is 10.1 Å². The Kier molecular flexibility index (Phi) is 3.50. The molecule has 100 valence electrons. The number of hydrogen-bond acceptors (Lipinski definition) is 4. The van der Waals surface area contributed by atoms with Crippen LogP contribution in [0.25, 0.3) is 0 Å². The fourth-order valence-electron chi connectivity index (χ4n) is 2.05. The molecule has 19 heavy (non-hydrogen) atoms. The van der Waals surface area contributed by atoms with Crippen molar-refractivity contribution in [1.82, 2.24) is 9.55 Å². The van der Waals surface area contributed by atoms with E-state index in [1.807, 2.05) is 24.5 Å². The van der Waals surface area contributed by atoms with Crippen LogP contribution in [0, 0.1) is 24.0 Å². The van der Waals surface area contributed by atoms with Gasteiger partial charge in [0.2, 0.25) is 0 Å². The van der Waals surface area contributed by atoms with Gasteiger partial charge in [-0.1, -0.05) is 12.1 Å². The van der Waals surface area contributed by atoms with Gasteiger partial charge in [0.15, 0.2) is 0 Å². The zero-order valence-electron chi connectivity index (χ0n) is 11.2. The Labute approximate surface area is 111 Å². The van der Waals surface area contributed by atoms with Crippen molar-refractivity contribution in [1.29, 1.82) is 0 Å². The van der Waals surface area contributed by atoms with Crippen LogP contribution in [-0.4, -0.2) is 21.5 Å². The van der Waals surface area contributed by atoms with Crippen molar-refractivity contribution in [2.45, 2.75) is 20.4 Å². The van der Waals surface area contributed by atoms with Gasteiger partial charge in [-0.3, -0.25) is 10.1 Å². The summed E-state index contributed by atoms with van der Waals surface area (Å²) >= 11 is 0. The second kappa shape index (κ2) is 5.09. The lowest BCUT2D eigenvalue weighted by Crippen LogP contribution is -2.06. The molecule has 0 saturated heterocycles. The quantitative estimate of drug-likeness (QED) is 0.677. The predicted molar refractivity (Wildman–Crippen MR) is 73.4 cm³/mol. The molecule has 0 fully saturated rings. The predicted octanol–water partition coefficient (Wildman–Crippen LogP) is 2.50. The summed E-state index contributed by atoms with van der Waals surface area (Å²) in [5.74, 6) is 0. The summed E-state index contributed by atoms with van der Waals surface area (Å²) in [4.78, 5) is 14.9. The number of benzene rings is 1. The van der Waals surface area contributed by atoms with E-state index in [4.69, 9.17) is 0 Å². The molecule has 0 saturated carbocycles. The normalized spacial score (nSPS) is 10.5. The van der Waals surface area contributed by atoms with Crippen LogP contribution in [0.15, 0.2) is 24.5 Å². The van der Waals surface area contributed by atoms with Crippen LogP contribution in [0.4, 0.5) is 11.4 Å². The minimum Gasteiger partial charge on any atom is -0.382 e. The number of nitrogens with zero attached hydrogens (tertiary/aromatic N) is 3. The van der Waals surface area contributed by atoms with E-state index >= 15 is 0 Å². The summed E-state index contributed by atoms with van der Waals surface area (Å²) in [6.07, 6.45) is 1.75. The first-order chi connectivity index (χ1) is 9.04. The number of nitro groups is 1. The van der Waals surface area contributed by atoms with Crippen LogP contribution in [0.1, 0.15) is 17.0 Å². The highest BCUT2D eigenvalue weighted by Crippen LogP contribution is 2.28. The molecule has 1 heterocycles. The maximum absolute atomic E-state index is 11.0. The van der Waals surface area contributed by atoms with Crippen LogP contribution in [-0.2, 0) is 6.54 Å². The topological polar surface area (TPSA) is 73.0 Å². The number of imidazole rings is 1. The van der Waals surface area contributed by atoms with Crippen LogP contribution in [0.5, 0.6) is 0 Å². The Morgan fingerprint density at radius 2 is 2.16 bits per heavy atom. The lowest BCUT2D eigenvalue weighted by molar-refractivity contribution is -0.384. The highest BCUT2D eigenvalue weighted by Gasteiger charge is 2.16. The Morgan fingerprint density at radius 1 is 1.42 bits per heavy atom. The number of para-hydroxylation sites is 1. The van der Waals surface area contributed by atoms with Crippen molar-refractivity contribution in [2.75, 3.05) is 12.4 Å². The van der Waals surface area contributed by atoms with Crippen molar-refractivity contribution in [3.8, 4) is 0 Å². The molecule has 0 atom stereocenters. The third-order valence-corrected chi connectivity index (χ3v) is 3.26. The number of anilines is 1. The van der Waals surface area contributed by atoms with Gasteiger partial charge in [0.25, 0.3) is 5.69 Å². The number of aryl methyl sites for hydroxylation is 1. The highest BCUT2D eigenvalue weighted by atomic mass is 16.6. The molecule has 1 aromatic heterocycles. The smallest absolute Gasteiger partial charge is 0.292 e. The summed E-state index contributed by atoms with van der Waals surface area (Å²) in [7, 11) is 1.69. The first-order valence-corrected chi connectivity index (χ1v) is 5.97. The minimum absolute atomic E-state index is 0.0921. The molecular formula is C13H16N4O2. The fraction of sp³-hybridized carbons (Fsp3) is 0.308. The lowest BCUT2D eigenvalue weighted by Gasteiger charge is -2.11. The second-order valence-corrected chi connectivity index (χ2v) is 4.36. The van der Waals surface area contributed by atoms with Crippen molar-refractivity contribution in [2.24, 2.45) is 0 Å². The van der Waals surface area contributed by atoms with E-state index in [1.54, 1.807) is 19.4 Å². The number of rotatable bonds is 4. The third kappa shape index (κ3) is 2.42. The molecule has 6 nitrogen and oxygen atoms in total. The molecular weight excluding hydrogens is 244 g/mol. The molecule has 0 aliphatic heterocycles. The fourth-order valence-corrected chi connectivity index (χ4v) is 2.05. The summed E-state index contributed by atoms with van der Waals surface area (Å²) in [6.45, 7) is 4.49. The summed E-state index contributed by atoms with van der Waals surface area (Å²) in [6, 6.07) is 5.09. The first kappa shape index (κ1) is 13.1. The van der Waals surface area contributed by atoms with Gasteiger partial charge in [0, 0.05) is 24.4 Å². The van der Waals surface area contributed by atoms with Gasteiger partial charge < -0.3 is 9.88 Å². The molecule has 0 spiro atoms. The Balaban J connectivity index is 2.43. The van der Waals surface area contributed by atoms with Gasteiger partial charge in [-0.15, -0.1) is 0 Å². The molecule has 0 aliphatic rings. The monoisotopic (exact) mass is 260 g/mol. The Morgan fingerprint density at radius 3 is 2.68 bits per heavy atom. The molecule has 2 rings (SSSR count). The van der Waals surface area contributed by atoms with E-state index in [1.165, 1.54) is 6.07 Å². The number of aromatic nitrogens is 2. The van der Waals surface area contributed by atoms with Gasteiger partial charge in [0.05, 0.1) is 23.5 Å². The van der Waals surface area contributed by atoms with E-state index in [2.05, 4.69) is 10.3 Å². The summed E-state index contributed by atoms with van der Waals surface area (Å²) in [5.41, 5.74) is 3.55. The molecule has 6 heteroatoms. The van der Waals surface area contributed by atoms with E-state index in [-0.39, 0.29) is 10.6 Å².